The van der Waals surface area contributed by atoms with Gasteiger partial charge in [-0.05, 0) is 60.0 Å². The monoisotopic (exact) mass is 501 g/mol. The lowest BCUT2D eigenvalue weighted by atomic mass is 10.2. The molecule has 0 unspecified atom stereocenters. The molecular formula is C22H16BrNO4S2. The van der Waals surface area contributed by atoms with E-state index in [-0.39, 0.29) is 15.7 Å². The molecule has 4 rings (SSSR count). The number of thiophene rings is 1. The Morgan fingerprint density at radius 2 is 1.67 bits per heavy atom. The van der Waals surface area contributed by atoms with E-state index in [0.29, 0.717) is 12.2 Å². The smallest absolute Gasteiger partial charge is 0.294 e. The maximum atomic E-state index is 13.2. The van der Waals surface area contributed by atoms with Gasteiger partial charge in [0, 0.05) is 15.0 Å². The van der Waals surface area contributed by atoms with Gasteiger partial charge in [0.1, 0.15) is 0 Å². The van der Waals surface area contributed by atoms with Crippen molar-refractivity contribution in [1.82, 2.24) is 0 Å². The van der Waals surface area contributed by atoms with E-state index in [4.69, 9.17) is 4.42 Å². The van der Waals surface area contributed by atoms with E-state index in [1.165, 1.54) is 24.3 Å². The van der Waals surface area contributed by atoms with E-state index in [2.05, 4.69) is 15.9 Å². The summed E-state index contributed by atoms with van der Waals surface area (Å²) in [6, 6.07) is 22.0. The molecule has 0 N–H and O–H groups in total. The first-order chi connectivity index (χ1) is 14.4. The van der Waals surface area contributed by atoms with Crippen molar-refractivity contribution in [2.75, 3.05) is 4.90 Å². The molecule has 0 aliphatic rings. The molecular weight excluding hydrogens is 486 g/mol. The van der Waals surface area contributed by atoms with Gasteiger partial charge >= 0.3 is 0 Å². The van der Waals surface area contributed by atoms with Crippen LogP contribution in [0.2, 0.25) is 0 Å². The minimum absolute atomic E-state index is 0.0360. The summed E-state index contributed by atoms with van der Waals surface area (Å²) in [5.74, 6) is -0.446. The zero-order chi connectivity index (χ0) is 21.1. The highest BCUT2D eigenvalue weighted by Gasteiger charge is 2.26. The van der Waals surface area contributed by atoms with Crippen LogP contribution in [0, 0.1) is 0 Å². The number of carbonyl (C=O) groups excluding carboxylic acids is 1. The lowest BCUT2D eigenvalue weighted by Crippen LogP contribution is -2.29. The number of furan rings is 1. The van der Waals surface area contributed by atoms with Gasteiger partial charge in [-0.25, -0.2) is 8.42 Å². The Labute approximate surface area is 186 Å². The standard InChI is InChI=1S/C22H16BrNO4S2/c23-16-8-10-19(11-9-16)30(26,27)21-13-12-20(28-21)22(25)24(15-18-7-4-14-29-18)17-5-2-1-3-6-17/h1-14H,15H2. The van der Waals surface area contributed by atoms with E-state index in [1.54, 1.807) is 28.4 Å². The highest BCUT2D eigenvalue weighted by atomic mass is 79.9. The molecule has 0 spiro atoms. The van der Waals surface area contributed by atoms with Gasteiger partial charge in [0.15, 0.2) is 5.76 Å². The number of rotatable bonds is 6. The molecule has 8 heteroatoms. The van der Waals surface area contributed by atoms with E-state index in [1.807, 2.05) is 47.8 Å². The number of sulfone groups is 1. The van der Waals surface area contributed by atoms with Gasteiger partial charge in [0.2, 0.25) is 14.9 Å². The molecule has 2 aromatic heterocycles. The van der Waals surface area contributed by atoms with E-state index in [9.17, 15) is 13.2 Å². The van der Waals surface area contributed by atoms with Crippen molar-refractivity contribution in [3.8, 4) is 0 Å². The summed E-state index contributed by atoms with van der Waals surface area (Å²) >= 11 is 4.83. The fraction of sp³-hybridized carbons (Fsp3) is 0.0455. The first kappa shape index (κ1) is 20.6. The molecule has 2 heterocycles. The highest BCUT2D eigenvalue weighted by Crippen LogP contribution is 2.27. The van der Waals surface area contributed by atoms with Gasteiger partial charge < -0.3 is 9.32 Å². The van der Waals surface area contributed by atoms with Crippen molar-refractivity contribution in [2.24, 2.45) is 0 Å². The van der Waals surface area contributed by atoms with E-state index in [0.717, 1.165) is 9.35 Å². The molecule has 0 aliphatic carbocycles. The average Bonchev–Trinajstić information content (AvgIpc) is 3.45. The second kappa shape index (κ2) is 8.59. The first-order valence-corrected chi connectivity index (χ1v) is 12.1. The molecule has 5 nitrogen and oxygen atoms in total. The summed E-state index contributed by atoms with van der Waals surface area (Å²) in [4.78, 5) is 15.9. The molecule has 4 aromatic rings. The maximum Gasteiger partial charge on any atom is 0.294 e. The van der Waals surface area contributed by atoms with Crippen LogP contribution in [0.5, 0.6) is 0 Å². The Bertz CT molecular complexity index is 1250. The van der Waals surface area contributed by atoms with Crippen LogP contribution in [-0.2, 0) is 16.4 Å². The SMILES string of the molecule is O=C(c1ccc(S(=O)(=O)c2ccc(Br)cc2)o1)N(Cc1cccs1)c1ccccc1. The number of amides is 1. The van der Waals surface area contributed by atoms with Crippen molar-refractivity contribution in [1.29, 1.82) is 0 Å². The van der Waals surface area contributed by atoms with Gasteiger partial charge in [-0.2, -0.15) is 0 Å². The zero-order valence-corrected chi connectivity index (χ0v) is 18.8. The molecule has 30 heavy (non-hydrogen) atoms. The summed E-state index contributed by atoms with van der Waals surface area (Å²) in [7, 11) is -3.86. The van der Waals surface area contributed by atoms with Crippen molar-refractivity contribution in [2.45, 2.75) is 16.5 Å². The molecule has 152 valence electrons. The normalized spacial score (nSPS) is 11.4. The number of para-hydroxylation sites is 1. The summed E-state index contributed by atoms with van der Waals surface area (Å²) in [5.41, 5.74) is 0.699. The third kappa shape index (κ3) is 4.26. The molecule has 0 atom stereocenters. The maximum absolute atomic E-state index is 13.2. The lowest BCUT2D eigenvalue weighted by Gasteiger charge is -2.21. The van der Waals surface area contributed by atoms with Crippen molar-refractivity contribution >= 4 is 48.7 Å². The predicted molar refractivity (Wildman–Crippen MR) is 120 cm³/mol. The molecule has 2 aromatic carbocycles. The van der Waals surface area contributed by atoms with Gasteiger partial charge in [0.05, 0.1) is 11.4 Å². The predicted octanol–water partition coefficient (Wildman–Crippen LogP) is 5.78. The Kier molecular flexibility index (Phi) is 5.90. The zero-order valence-electron chi connectivity index (χ0n) is 15.6. The second-order valence-corrected chi connectivity index (χ2v) is 10.2. The summed E-state index contributed by atoms with van der Waals surface area (Å²) in [6.45, 7) is 0.357. The van der Waals surface area contributed by atoms with Gasteiger partial charge in [-0.3, -0.25) is 4.79 Å². The fourth-order valence-corrected chi connectivity index (χ4v) is 5.02. The molecule has 0 aliphatic heterocycles. The van der Waals surface area contributed by atoms with Crippen molar-refractivity contribution < 1.29 is 17.6 Å². The van der Waals surface area contributed by atoms with Crippen LogP contribution in [0.25, 0.3) is 0 Å². The van der Waals surface area contributed by atoms with E-state index < -0.39 is 15.7 Å². The van der Waals surface area contributed by atoms with Crippen LogP contribution in [-0.4, -0.2) is 14.3 Å². The van der Waals surface area contributed by atoms with Gasteiger partial charge in [-0.1, -0.05) is 40.2 Å². The second-order valence-electron chi connectivity index (χ2n) is 6.38. The molecule has 0 saturated carbocycles. The van der Waals surface area contributed by atoms with E-state index >= 15 is 0 Å². The lowest BCUT2D eigenvalue weighted by molar-refractivity contribution is 0.0953. The molecule has 0 radical (unpaired) electrons. The Balaban J connectivity index is 1.66. The van der Waals surface area contributed by atoms with Gasteiger partial charge in [-0.15, -0.1) is 11.3 Å². The topological polar surface area (TPSA) is 67.6 Å². The molecule has 0 fully saturated rings. The van der Waals surface area contributed by atoms with Gasteiger partial charge in [0.25, 0.3) is 5.91 Å². The molecule has 1 amide bonds. The quantitative estimate of drug-likeness (QED) is 0.335. The largest absolute Gasteiger partial charge is 0.439 e. The fourth-order valence-electron chi connectivity index (χ4n) is 2.89. The number of benzene rings is 2. The van der Waals surface area contributed by atoms with Crippen LogP contribution in [0.15, 0.2) is 103 Å². The summed E-state index contributed by atoms with van der Waals surface area (Å²) in [5, 5.41) is 1.68. The third-order valence-electron chi connectivity index (χ3n) is 4.39. The number of anilines is 1. The minimum atomic E-state index is -3.86. The highest BCUT2D eigenvalue weighted by molar-refractivity contribution is 9.10. The number of nitrogens with zero attached hydrogens (tertiary/aromatic N) is 1. The summed E-state index contributed by atoms with van der Waals surface area (Å²) in [6.07, 6.45) is 0. The Morgan fingerprint density at radius 1 is 0.933 bits per heavy atom. The molecule has 0 saturated heterocycles. The van der Waals surface area contributed by atoms with Crippen molar-refractivity contribution in [3.63, 3.8) is 0 Å². The van der Waals surface area contributed by atoms with Crippen molar-refractivity contribution in [3.05, 3.63) is 99.4 Å². The van der Waals surface area contributed by atoms with Crippen LogP contribution in [0.3, 0.4) is 0 Å². The number of carbonyl (C=O) groups is 1. The van der Waals surface area contributed by atoms with Crippen LogP contribution >= 0.6 is 27.3 Å². The van der Waals surface area contributed by atoms with Crippen LogP contribution < -0.4 is 4.90 Å². The number of hydrogen-bond donors (Lipinski definition) is 0. The number of halogens is 1. The Hall–Kier alpha value is -2.68. The number of hydrogen-bond acceptors (Lipinski definition) is 5. The Morgan fingerprint density at radius 3 is 2.33 bits per heavy atom. The minimum Gasteiger partial charge on any atom is -0.439 e. The first-order valence-electron chi connectivity index (χ1n) is 8.95. The average molecular weight is 502 g/mol. The van der Waals surface area contributed by atoms with Crippen LogP contribution in [0.1, 0.15) is 15.4 Å². The summed E-state index contributed by atoms with van der Waals surface area (Å²) < 4.78 is 32.0. The van der Waals surface area contributed by atoms with Crippen LogP contribution in [0.4, 0.5) is 5.69 Å². The molecule has 0 bridgehead atoms. The third-order valence-corrected chi connectivity index (χ3v) is 7.42.